The summed E-state index contributed by atoms with van der Waals surface area (Å²) < 4.78 is 0. The van der Waals surface area contributed by atoms with Crippen LogP contribution in [0.25, 0.3) is 0 Å². The molecule has 3 rings (SSSR count). The SMILES string of the molecule is CCNC(=NCCc1cccc(O)c1)N1CCN(CC(=O)N2CCCCC2)CC1. The molecule has 0 aliphatic carbocycles. The third kappa shape index (κ3) is 6.63. The standard InChI is InChI=1S/C22H35N5O2/c1-2-23-22(24-10-9-19-7-6-8-20(28)17-19)27-15-13-25(14-16-27)18-21(29)26-11-4-3-5-12-26/h6-8,17,28H,2-5,9-16,18H2,1H3,(H,23,24). The number of likely N-dealkylation sites (tertiary alicyclic amines) is 1. The highest BCUT2D eigenvalue weighted by atomic mass is 16.3. The van der Waals surface area contributed by atoms with Crippen LogP contribution in [0.4, 0.5) is 0 Å². The highest BCUT2D eigenvalue weighted by Gasteiger charge is 2.24. The predicted octanol–water partition coefficient (Wildman–Crippen LogP) is 1.53. The Hall–Kier alpha value is -2.28. The Balaban J connectivity index is 1.46. The van der Waals surface area contributed by atoms with Gasteiger partial charge in [0, 0.05) is 52.4 Å². The van der Waals surface area contributed by atoms with E-state index in [0.29, 0.717) is 18.8 Å². The van der Waals surface area contributed by atoms with Crippen molar-refractivity contribution in [1.29, 1.82) is 0 Å². The summed E-state index contributed by atoms with van der Waals surface area (Å²) >= 11 is 0. The molecule has 0 atom stereocenters. The van der Waals surface area contributed by atoms with Gasteiger partial charge >= 0.3 is 0 Å². The van der Waals surface area contributed by atoms with E-state index < -0.39 is 0 Å². The highest BCUT2D eigenvalue weighted by molar-refractivity contribution is 5.80. The van der Waals surface area contributed by atoms with Crippen molar-refractivity contribution in [2.24, 2.45) is 4.99 Å². The van der Waals surface area contributed by atoms with Crippen LogP contribution in [0.3, 0.4) is 0 Å². The predicted molar refractivity (Wildman–Crippen MR) is 116 cm³/mol. The number of nitrogens with zero attached hydrogens (tertiary/aromatic N) is 4. The topological polar surface area (TPSA) is 71.4 Å². The Morgan fingerprint density at radius 2 is 1.83 bits per heavy atom. The molecule has 0 bridgehead atoms. The molecule has 160 valence electrons. The number of rotatable bonds is 6. The quantitative estimate of drug-likeness (QED) is 0.559. The van der Waals surface area contributed by atoms with Crippen LogP contribution in [0.1, 0.15) is 31.7 Å². The fourth-order valence-electron chi connectivity index (χ4n) is 3.98. The van der Waals surface area contributed by atoms with Crippen molar-refractivity contribution < 1.29 is 9.90 Å². The van der Waals surface area contributed by atoms with Crippen LogP contribution in [0.2, 0.25) is 0 Å². The number of carbonyl (C=O) groups is 1. The summed E-state index contributed by atoms with van der Waals surface area (Å²) in [5, 5.41) is 13.0. The number of benzene rings is 1. The molecule has 2 saturated heterocycles. The van der Waals surface area contributed by atoms with E-state index in [1.54, 1.807) is 12.1 Å². The molecule has 2 aliphatic rings. The summed E-state index contributed by atoms with van der Waals surface area (Å²) in [6.07, 6.45) is 4.34. The third-order valence-electron chi connectivity index (χ3n) is 5.65. The van der Waals surface area contributed by atoms with E-state index in [1.807, 2.05) is 17.0 Å². The lowest BCUT2D eigenvalue weighted by Crippen LogP contribution is -2.54. The molecule has 0 saturated carbocycles. The Morgan fingerprint density at radius 1 is 1.07 bits per heavy atom. The summed E-state index contributed by atoms with van der Waals surface area (Å²) in [5.74, 6) is 1.52. The second-order valence-electron chi connectivity index (χ2n) is 7.86. The van der Waals surface area contributed by atoms with Gasteiger partial charge in [0.25, 0.3) is 0 Å². The van der Waals surface area contributed by atoms with Gasteiger partial charge < -0.3 is 20.2 Å². The zero-order chi connectivity index (χ0) is 20.5. The van der Waals surface area contributed by atoms with E-state index in [-0.39, 0.29) is 5.91 Å². The minimum Gasteiger partial charge on any atom is -0.508 e. The molecule has 2 aliphatic heterocycles. The average Bonchev–Trinajstić information content (AvgIpc) is 2.74. The van der Waals surface area contributed by atoms with Gasteiger partial charge in [-0.15, -0.1) is 0 Å². The van der Waals surface area contributed by atoms with Crippen molar-refractivity contribution in [2.45, 2.75) is 32.6 Å². The van der Waals surface area contributed by atoms with E-state index >= 15 is 0 Å². The van der Waals surface area contributed by atoms with Gasteiger partial charge in [0.1, 0.15) is 5.75 Å². The largest absolute Gasteiger partial charge is 0.508 e. The Bertz CT molecular complexity index is 680. The number of phenols is 1. The highest BCUT2D eigenvalue weighted by Crippen LogP contribution is 2.12. The molecule has 0 spiro atoms. The first-order valence-corrected chi connectivity index (χ1v) is 11.0. The van der Waals surface area contributed by atoms with Crippen molar-refractivity contribution in [3.63, 3.8) is 0 Å². The van der Waals surface area contributed by atoms with Crippen LogP contribution < -0.4 is 5.32 Å². The number of hydrogen-bond donors (Lipinski definition) is 2. The number of piperazine rings is 1. The molecule has 2 N–H and O–H groups in total. The van der Waals surface area contributed by atoms with E-state index in [1.165, 1.54) is 6.42 Å². The van der Waals surface area contributed by atoms with E-state index in [4.69, 9.17) is 4.99 Å². The summed E-state index contributed by atoms with van der Waals surface area (Å²) in [6, 6.07) is 7.36. The van der Waals surface area contributed by atoms with Gasteiger partial charge in [0.15, 0.2) is 5.96 Å². The lowest BCUT2D eigenvalue weighted by atomic mass is 10.1. The van der Waals surface area contributed by atoms with E-state index in [2.05, 4.69) is 22.0 Å². The third-order valence-corrected chi connectivity index (χ3v) is 5.65. The van der Waals surface area contributed by atoms with Gasteiger partial charge in [0.2, 0.25) is 5.91 Å². The van der Waals surface area contributed by atoms with E-state index in [0.717, 1.165) is 76.6 Å². The molecule has 2 heterocycles. The number of carbonyl (C=O) groups excluding carboxylic acids is 1. The maximum Gasteiger partial charge on any atom is 0.236 e. The van der Waals surface area contributed by atoms with Crippen molar-refractivity contribution in [3.8, 4) is 5.75 Å². The first kappa shape index (κ1) is 21.4. The number of aliphatic imine (C=N–C) groups is 1. The Kier molecular flexibility index (Phi) is 8.16. The van der Waals surface area contributed by atoms with E-state index in [9.17, 15) is 9.90 Å². The molecule has 2 fully saturated rings. The molecule has 0 unspecified atom stereocenters. The van der Waals surface area contributed by atoms with Crippen LogP contribution in [-0.4, -0.2) is 90.6 Å². The van der Waals surface area contributed by atoms with Gasteiger partial charge in [-0.3, -0.25) is 14.7 Å². The fraction of sp³-hybridized carbons (Fsp3) is 0.636. The van der Waals surface area contributed by atoms with Crippen LogP contribution in [-0.2, 0) is 11.2 Å². The van der Waals surface area contributed by atoms with Crippen molar-refractivity contribution in [3.05, 3.63) is 29.8 Å². The van der Waals surface area contributed by atoms with Crippen molar-refractivity contribution in [1.82, 2.24) is 20.0 Å². The number of hydrogen-bond acceptors (Lipinski definition) is 4. The zero-order valence-electron chi connectivity index (χ0n) is 17.6. The summed E-state index contributed by atoms with van der Waals surface area (Å²) in [7, 11) is 0. The lowest BCUT2D eigenvalue weighted by Gasteiger charge is -2.37. The lowest BCUT2D eigenvalue weighted by molar-refractivity contribution is -0.133. The second-order valence-corrected chi connectivity index (χ2v) is 7.86. The first-order chi connectivity index (χ1) is 14.2. The summed E-state index contributed by atoms with van der Waals surface area (Å²) in [4.78, 5) is 23.9. The molecule has 7 heteroatoms. The van der Waals surface area contributed by atoms with Crippen LogP contribution >= 0.6 is 0 Å². The fourth-order valence-corrected chi connectivity index (χ4v) is 3.98. The average molecular weight is 402 g/mol. The first-order valence-electron chi connectivity index (χ1n) is 11.0. The molecule has 7 nitrogen and oxygen atoms in total. The number of amides is 1. The number of aromatic hydroxyl groups is 1. The molecular weight excluding hydrogens is 366 g/mol. The zero-order valence-corrected chi connectivity index (χ0v) is 17.6. The Labute approximate surface area is 174 Å². The summed E-state index contributed by atoms with van der Waals surface area (Å²) in [6.45, 7) is 9.52. The van der Waals surface area contributed by atoms with Gasteiger partial charge in [-0.25, -0.2) is 0 Å². The van der Waals surface area contributed by atoms with Gasteiger partial charge in [-0.1, -0.05) is 12.1 Å². The number of piperidine rings is 1. The minimum atomic E-state index is 0.282. The molecular formula is C22H35N5O2. The maximum absolute atomic E-state index is 12.5. The van der Waals surface area contributed by atoms with Crippen molar-refractivity contribution >= 4 is 11.9 Å². The van der Waals surface area contributed by atoms with Crippen LogP contribution in [0, 0.1) is 0 Å². The Morgan fingerprint density at radius 3 is 2.52 bits per heavy atom. The second kappa shape index (κ2) is 11.0. The van der Waals surface area contributed by atoms with Gasteiger partial charge in [0.05, 0.1) is 6.54 Å². The normalized spacial score (nSPS) is 18.7. The number of guanidine groups is 1. The maximum atomic E-state index is 12.5. The molecule has 0 radical (unpaired) electrons. The van der Waals surface area contributed by atoms with Gasteiger partial charge in [-0.2, -0.15) is 0 Å². The molecule has 1 aromatic rings. The molecule has 1 aromatic carbocycles. The van der Waals surface area contributed by atoms with Crippen LogP contribution in [0.15, 0.2) is 29.3 Å². The molecule has 0 aromatic heterocycles. The number of nitrogens with one attached hydrogen (secondary N) is 1. The molecule has 1 amide bonds. The minimum absolute atomic E-state index is 0.282. The van der Waals surface area contributed by atoms with Crippen LogP contribution in [0.5, 0.6) is 5.75 Å². The molecule has 29 heavy (non-hydrogen) atoms. The smallest absolute Gasteiger partial charge is 0.236 e. The van der Waals surface area contributed by atoms with Gasteiger partial charge in [-0.05, 0) is 50.3 Å². The summed E-state index contributed by atoms with van der Waals surface area (Å²) in [5.41, 5.74) is 1.09. The monoisotopic (exact) mass is 401 g/mol. The van der Waals surface area contributed by atoms with Crippen molar-refractivity contribution in [2.75, 3.05) is 58.9 Å². The number of phenolic OH excluding ortho intramolecular Hbond substituents is 1.